The van der Waals surface area contributed by atoms with E-state index in [1.165, 1.54) is 16.9 Å². The Morgan fingerprint density at radius 1 is 1.58 bits per heavy atom. The molecule has 0 aromatic carbocycles. The maximum absolute atomic E-state index is 10.7. The number of thiophene rings is 1. The lowest BCUT2D eigenvalue weighted by Crippen LogP contribution is -1.98. The molecule has 0 atom stereocenters. The summed E-state index contributed by atoms with van der Waals surface area (Å²) in [5, 5.41) is 10.8. The van der Waals surface area contributed by atoms with Crippen LogP contribution in [0.15, 0.2) is 11.5 Å². The van der Waals surface area contributed by atoms with Gasteiger partial charge in [0, 0.05) is 5.56 Å². The largest absolute Gasteiger partial charge is 0.477 e. The second-order valence-corrected chi connectivity index (χ2v) is 3.63. The van der Waals surface area contributed by atoms with E-state index in [0.29, 0.717) is 4.88 Å². The number of aromatic carboxylic acids is 1. The molecule has 3 heteroatoms. The van der Waals surface area contributed by atoms with Crippen molar-refractivity contribution in [3.63, 3.8) is 0 Å². The number of carboxylic acid groups (broad SMARTS) is 1. The number of hydrogen-bond acceptors (Lipinski definition) is 2. The van der Waals surface area contributed by atoms with Crippen molar-refractivity contribution in [2.45, 2.75) is 12.8 Å². The molecule has 2 nitrogen and oxygen atoms in total. The van der Waals surface area contributed by atoms with Crippen LogP contribution in [0.2, 0.25) is 0 Å². The first-order valence-corrected chi connectivity index (χ1v) is 4.67. The molecular weight excluding hydrogens is 172 g/mol. The second kappa shape index (κ2) is 2.75. The molecule has 12 heavy (non-hydrogen) atoms. The Morgan fingerprint density at radius 3 is 3.17 bits per heavy atom. The van der Waals surface area contributed by atoms with Crippen molar-refractivity contribution in [3.8, 4) is 0 Å². The second-order valence-electron chi connectivity index (χ2n) is 2.75. The first-order valence-electron chi connectivity index (χ1n) is 3.79. The van der Waals surface area contributed by atoms with Crippen LogP contribution in [0.25, 0.3) is 6.08 Å². The summed E-state index contributed by atoms with van der Waals surface area (Å²) in [6.07, 6.45) is 5.96. The van der Waals surface area contributed by atoms with Gasteiger partial charge in [-0.2, -0.15) is 0 Å². The molecule has 1 aromatic rings. The third-order valence-electron chi connectivity index (χ3n) is 1.97. The fourth-order valence-corrected chi connectivity index (χ4v) is 2.32. The summed E-state index contributed by atoms with van der Waals surface area (Å²) in [6, 6.07) is 0. The van der Waals surface area contributed by atoms with E-state index in [0.717, 1.165) is 18.4 Å². The highest BCUT2D eigenvalue weighted by Gasteiger charge is 2.16. The quantitative estimate of drug-likeness (QED) is 0.720. The van der Waals surface area contributed by atoms with E-state index in [4.69, 9.17) is 5.11 Å². The van der Waals surface area contributed by atoms with Gasteiger partial charge < -0.3 is 5.11 Å². The van der Waals surface area contributed by atoms with Crippen molar-refractivity contribution in [1.29, 1.82) is 0 Å². The Kier molecular flexibility index (Phi) is 1.73. The van der Waals surface area contributed by atoms with Gasteiger partial charge >= 0.3 is 5.97 Å². The van der Waals surface area contributed by atoms with Crippen molar-refractivity contribution in [2.75, 3.05) is 0 Å². The molecule has 0 aliphatic heterocycles. The summed E-state index contributed by atoms with van der Waals surface area (Å²) >= 11 is 1.32. The molecule has 0 unspecified atom stereocenters. The van der Waals surface area contributed by atoms with Crippen LogP contribution in [0.3, 0.4) is 0 Å². The molecule has 0 saturated heterocycles. The number of fused-ring (bicyclic) bond motifs is 1. The van der Waals surface area contributed by atoms with E-state index >= 15 is 0 Å². The fourth-order valence-electron chi connectivity index (χ4n) is 1.38. The van der Waals surface area contributed by atoms with Gasteiger partial charge in [-0.3, -0.25) is 0 Å². The third kappa shape index (κ3) is 1.06. The molecular formula is C9H8O2S. The molecule has 1 heterocycles. The number of rotatable bonds is 1. The molecule has 62 valence electrons. The predicted molar refractivity (Wildman–Crippen MR) is 48.6 cm³/mol. The molecule has 1 aromatic heterocycles. The van der Waals surface area contributed by atoms with Crippen LogP contribution in [-0.2, 0) is 6.42 Å². The van der Waals surface area contributed by atoms with Gasteiger partial charge in [-0.05, 0) is 23.8 Å². The Morgan fingerprint density at radius 2 is 2.42 bits per heavy atom. The minimum Gasteiger partial charge on any atom is -0.477 e. The van der Waals surface area contributed by atoms with Crippen molar-refractivity contribution in [3.05, 3.63) is 27.5 Å². The monoisotopic (exact) mass is 180 g/mol. The highest BCUT2D eigenvalue weighted by molar-refractivity contribution is 7.12. The zero-order chi connectivity index (χ0) is 8.55. The lowest BCUT2D eigenvalue weighted by molar-refractivity contribution is 0.0702. The fraction of sp³-hybridized carbons (Fsp3) is 0.222. The normalized spacial score (nSPS) is 14.3. The molecule has 0 amide bonds. The van der Waals surface area contributed by atoms with Crippen molar-refractivity contribution < 1.29 is 9.90 Å². The molecule has 0 radical (unpaired) electrons. The van der Waals surface area contributed by atoms with Crippen molar-refractivity contribution in [1.82, 2.24) is 0 Å². The lowest BCUT2D eigenvalue weighted by atomic mass is 10.0. The van der Waals surface area contributed by atoms with Gasteiger partial charge in [0.2, 0.25) is 0 Å². The zero-order valence-electron chi connectivity index (χ0n) is 6.41. The smallest absolute Gasteiger partial charge is 0.346 e. The molecule has 1 aliphatic carbocycles. The summed E-state index contributed by atoms with van der Waals surface area (Å²) in [4.78, 5) is 11.2. The molecule has 0 spiro atoms. The number of allylic oxidation sites excluding steroid dienone is 1. The van der Waals surface area contributed by atoms with Gasteiger partial charge in [0.05, 0.1) is 0 Å². The first kappa shape index (κ1) is 7.55. The average molecular weight is 180 g/mol. The summed E-state index contributed by atoms with van der Waals surface area (Å²) in [6.45, 7) is 0. The molecule has 0 bridgehead atoms. The Labute approximate surface area is 74.2 Å². The molecule has 2 rings (SSSR count). The molecule has 0 fully saturated rings. The van der Waals surface area contributed by atoms with Gasteiger partial charge in [-0.1, -0.05) is 12.2 Å². The van der Waals surface area contributed by atoms with Crippen molar-refractivity contribution >= 4 is 23.4 Å². The first-order chi connectivity index (χ1) is 5.79. The lowest BCUT2D eigenvalue weighted by Gasteiger charge is -2.04. The molecule has 1 N–H and O–H groups in total. The van der Waals surface area contributed by atoms with Crippen LogP contribution < -0.4 is 0 Å². The van der Waals surface area contributed by atoms with E-state index in [1.807, 2.05) is 17.5 Å². The maximum atomic E-state index is 10.7. The van der Waals surface area contributed by atoms with Crippen LogP contribution in [0.5, 0.6) is 0 Å². The minimum atomic E-state index is -0.812. The summed E-state index contributed by atoms with van der Waals surface area (Å²) in [5.74, 6) is -0.812. The van der Waals surface area contributed by atoms with Gasteiger partial charge in [-0.25, -0.2) is 4.79 Å². The van der Waals surface area contributed by atoms with E-state index < -0.39 is 5.97 Å². The van der Waals surface area contributed by atoms with Crippen LogP contribution in [0, 0.1) is 0 Å². The van der Waals surface area contributed by atoms with Crippen molar-refractivity contribution in [2.24, 2.45) is 0 Å². The number of carboxylic acids is 1. The highest BCUT2D eigenvalue weighted by atomic mass is 32.1. The molecule has 0 saturated carbocycles. The SMILES string of the molecule is O=C(O)c1scc2c1C=CCC2. The Hall–Kier alpha value is -1.09. The Balaban J connectivity index is 2.54. The van der Waals surface area contributed by atoms with E-state index in [1.54, 1.807) is 0 Å². The van der Waals surface area contributed by atoms with Gasteiger partial charge in [0.25, 0.3) is 0 Å². The Bertz CT molecular complexity index is 349. The molecule has 1 aliphatic rings. The maximum Gasteiger partial charge on any atom is 0.346 e. The van der Waals surface area contributed by atoms with Crippen LogP contribution in [-0.4, -0.2) is 11.1 Å². The van der Waals surface area contributed by atoms with E-state index in [-0.39, 0.29) is 0 Å². The number of aryl methyl sites for hydroxylation is 1. The standard InChI is InChI=1S/C9H8O2S/c10-9(11)8-7-4-2-1-3-6(7)5-12-8/h2,4-5H,1,3H2,(H,10,11). The number of carbonyl (C=O) groups is 1. The van der Waals surface area contributed by atoms with E-state index in [2.05, 4.69) is 0 Å². The van der Waals surface area contributed by atoms with Gasteiger partial charge in [-0.15, -0.1) is 11.3 Å². The summed E-state index contributed by atoms with van der Waals surface area (Å²) in [7, 11) is 0. The number of hydrogen-bond donors (Lipinski definition) is 1. The topological polar surface area (TPSA) is 37.3 Å². The highest BCUT2D eigenvalue weighted by Crippen LogP contribution is 2.28. The zero-order valence-corrected chi connectivity index (χ0v) is 7.23. The average Bonchev–Trinajstić information content (AvgIpc) is 2.47. The summed E-state index contributed by atoms with van der Waals surface area (Å²) in [5.41, 5.74) is 2.10. The van der Waals surface area contributed by atoms with Gasteiger partial charge in [0.15, 0.2) is 0 Å². The van der Waals surface area contributed by atoms with Crippen LogP contribution in [0.4, 0.5) is 0 Å². The summed E-state index contributed by atoms with van der Waals surface area (Å²) < 4.78 is 0. The minimum absolute atomic E-state index is 0.473. The van der Waals surface area contributed by atoms with Gasteiger partial charge in [0.1, 0.15) is 4.88 Å². The predicted octanol–water partition coefficient (Wildman–Crippen LogP) is 2.41. The third-order valence-corrected chi connectivity index (χ3v) is 3.00. The van der Waals surface area contributed by atoms with Crippen LogP contribution in [0.1, 0.15) is 27.2 Å². The van der Waals surface area contributed by atoms with E-state index in [9.17, 15) is 4.79 Å². The van der Waals surface area contributed by atoms with Crippen LogP contribution >= 0.6 is 11.3 Å².